The monoisotopic (exact) mass is 208 g/mol. The molecule has 3 nitrogen and oxygen atoms in total. The Balaban J connectivity index is 2.15. The summed E-state index contributed by atoms with van der Waals surface area (Å²) < 4.78 is 5.15. The van der Waals surface area contributed by atoms with Gasteiger partial charge in [0.1, 0.15) is 0 Å². The van der Waals surface area contributed by atoms with Crippen molar-refractivity contribution >= 4 is 17.5 Å². The van der Waals surface area contributed by atoms with E-state index in [0.717, 1.165) is 10.6 Å². The molecule has 0 aliphatic rings. The van der Waals surface area contributed by atoms with Crippen LogP contribution in [0.15, 0.2) is 34.9 Å². The van der Waals surface area contributed by atoms with Gasteiger partial charge >= 0.3 is 0 Å². The van der Waals surface area contributed by atoms with E-state index >= 15 is 0 Å². The number of nitrogen functional groups attached to an aromatic ring is 1. The lowest BCUT2D eigenvalue weighted by Gasteiger charge is -1.96. The molecule has 1 aromatic heterocycles. The zero-order valence-electron chi connectivity index (χ0n) is 7.40. The first-order chi connectivity index (χ1) is 6.74. The highest BCUT2D eigenvalue weighted by molar-refractivity contribution is 6.30. The van der Waals surface area contributed by atoms with Crippen LogP contribution in [-0.4, -0.2) is 4.98 Å². The van der Waals surface area contributed by atoms with Crippen LogP contribution in [0.2, 0.25) is 5.02 Å². The summed E-state index contributed by atoms with van der Waals surface area (Å²) >= 11 is 5.76. The standard InChI is InChI=1S/C10H9ClN2O/c11-8-3-1-7(2-4-8)5-10-13-6-9(12)14-10/h1-4,6H,5,12H2. The molecular weight excluding hydrogens is 200 g/mol. The van der Waals surface area contributed by atoms with Crippen LogP contribution < -0.4 is 5.73 Å². The van der Waals surface area contributed by atoms with Crippen LogP contribution in [0.4, 0.5) is 5.88 Å². The molecular formula is C10H9ClN2O. The van der Waals surface area contributed by atoms with E-state index in [9.17, 15) is 0 Å². The number of oxazole rings is 1. The van der Waals surface area contributed by atoms with E-state index in [1.54, 1.807) is 0 Å². The third-order valence-electron chi connectivity index (χ3n) is 1.84. The van der Waals surface area contributed by atoms with Crippen molar-refractivity contribution in [3.63, 3.8) is 0 Å². The minimum Gasteiger partial charge on any atom is -0.425 e. The van der Waals surface area contributed by atoms with Gasteiger partial charge in [-0.15, -0.1) is 0 Å². The van der Waals surface area contributed by atoms with E-state index in [2.05, 4.69) is 4.98 Å². The highest BCUT2D eigenvalue weighted by Crippen LogP contribution is 2.14. The van der Waals surface area contributed by atoms with Crippen LogP contribution in [0.5, 0.6) is 0 Å². The van der Waals surface area contributed by atoms with Crippen molar-refractivity contribution < 1.29 is 4.42 Å². The first kappa shape index (κ1) is 9.09. The quantitative estimate of drug-likeness (QED) is 0.825. The number of halogens is 1. The lowest BCUT2D eigenvalue weighted by atomic mass is 10.1. The number of anilines is 1. The van der Waals surface area contributed by atoms with Crippen molar-refractivity contribution in [1.82, 2.24) is 4.98 Å². The highest BCUT2D eigenvalue weighted by Gasteiger charge is 2.02. The number of rotatable bonds is 2. The molecule has 0 amide bonds. The second-order valence-electron chi connectivity index (χ2n) is 2.96. The zero-order chi connectivity index (χ0) is 9.97. The Morgan fingerprint density at radius 2 is 2.00 bits per heavy atom. The topological polar surface area (TPSA) is 52.0 Å². The Bertz CT molecular complexity index is 422. The fraction of sp³-hybridized carbons (Fsp3) is 0.100. The normalized spacial score (nSPS) is 10.4. The molecule has 0 aliphatic heterocycles. The predicted molar refractivity (Wildman–Crippen MR) is 55.2 cm³/mol. The molecule has 0 saturated carbocycles. The molecule has 1 heterocycles. The summed E-state index contributed by atoms with van der Waals surface area (Å²) in [5, 5.41) is 0.723. The Hall–Kier alpha value is -1.48. The van der Waals surface area contributed by atoms with E-state index in [-0.39, 0.29) is 0 Å². The van der Waals surface area contributed by atoms with Crippen molar-refractivity contribution in [2.24, 2.45) is 0 Å². The van der Waals surface area contributed by atoms with Gasteiger partial charge in [0.15, 0.2) is 0 Å². The largest absolute Gasteiger partial charge is 0.425 e. The zero-order valence-corrected chi connectivity index (χ0v) is 8.16. The van der Waals surface area contributed by atoms with Crippen LogP contribution in [0.1, 0.15) is 11.5 Å². The van der Waals surface area contributed by atoms with Gasteiger partial charge in [-0.2, -0.15) is 0 Å². The van der Waals surface area contributed by atoms with Gasteiger partial charge in [-0.3, -0.25) is 0 Å². The number of nitrogens with zero attached hydrogens (tertiary/aromatic N) is 1. The summed E-state index contributed by atoms with van der Waals surface area (Å²) in [7, 11) is 0. The van der Waals surface area contributed by atoms with Crippen molar-refractivity contribution in [3.05, 3.63) is 46.9 Å². The maximum Gasteiger partial charge on any atom is 0.211 e. The molecule has 0 fully saturated rings. The van der Waals surface area contributed by atoms with Crippen molar-refractivity contribution in [2.45, 2.75) is 6.42 Å². The van der Waals surface area contributed by atoms with Crippen LogP contribution in [0.25, 0.3) is 0 Å². The average molecular weight is 209 g/mol. The maximum atomic E-state index is 5.76. The van der Waals surface area contributed by atoms with Gasteiger partial charge in [0.2, 0.25) is 11.8 Å². The van der Waals surface area contributed by atoms with Gasteiger partial charge in [-0.1, -0.05) is 23.7 Å². The molecule has 0 saturated heterocycles. The van der Waals surface area contributed by atoms with E-state index in [0.29, 0.717) is 18.2 Å². The third-order valence-corrected chi connectivity index (χ3v) is 2.09. The molecule has 72 valence electrons. The summed E-state index contributed by atoms with van der Waals surface area (Å²) in [5.74, 6) is 0.957. The molecule has 2 rings (SSSR count). The number of aromatic nitrogens is 1. The highest BCUT2D eigenvalue weighted by atomic mass is 35.5. The number of benzene rings is 1. The van der Waals surface area contributed by atoms with Crippen LogP contribution in [0, 0.1) is 0 Å². The molecule has 4 heteroatoms. The lowest BCUT2D eigenvalue weighted by molar-refractivity contribution is 0.523. The fourth-order valence-corrected chi connectivity index (χ4v) is 1.31. The Morgan fingerprint density at radius 1 is 1.29 bits per heavy atom. The summed E-state index contributed by atoms with van der Waals surface area (Å²) in [6, 6.07) is 7.54. The van der Waals surface area contributed by atoms with Crippen LogP contribution in [-0.2, 0) is 6.42 Å². The minimum atomic E-state index is 0.342. The maximum absolute atomic E-state index is 5.76. The molecule has 0 aliphatic carbocycles. The molecule has 14 heavy (non-hydrogen) atoms. The molecule has 0 atom stereocenters. The molecule has 2 N–H and O–H groups in total. The van der Waals surface area contributed by atoms with Gasteiger partial charge in [0, 0.05) is 11.4 Å². The van der Waals surface area contributed by atoms with Gasteiger partial charge in [-0.05, 0) is 17.7 Å². The van der Waals surface area contributed by atoms with Crippen molar-refractivity contribution in [2.75, 3.05) is 5.73 Å². The van der Waals surface area contributed by atoms with E-state index in [1.807, 2.05) is 24.3 Å². The average Bonchev–Trinajstić information content (AvgIpc) is 2.56. The van der Waals surface area contributed by atoms with Gasteiger partial charge in [0.25, 0.3) is 0 Å². The summed E-state index contributed by atoms with van der Waals surface area (Å²) in [4.78, 5) is 4.01. The van der Waals surface area contributed by atoms with E-state index in [1.165, 1.54) is 6.20 Å². The number of hydrogen-bond acceptors (Lipinski definition) is 3. The van der Waals surface area contributed by atoms with E-state index in [4.69, 9.17) is 21.8 Å². The smallest absolute Gasteiger partial charge is 0.211 e. The van der Waals surface area contributed by atoms with Gasteiger partial charge < -0.3 is 10.2 Å². The molecule has 1 aromatic carbocycles. The summed E-state index contributed by atoms with van der Waals surface area (Å²) in [5.41, 5.74) is 6.50. The molecule has 0 unspecified atom stereocenters. The molecule has 2 aromatic rings. The predicted octanol–water partition coefficient (Wildman–Crippen LogP) is 2.50. The second kappa shape index (κ2) is 3.72. The van der Waals surface area contributed by atoms with E-state index < -0.39 is 0 Å². The minimum absolute atomic E-state index is 0.342. The fourth-order valence-electron chi connectivity index (χ4n) is 1.18. The lowest BCUT2D eigenvalue weighted by Crippen LogP contribution is -1.87. The Morgan fingerprint density at radius 3 is 2.57 bits per heavy atom. The number of nitrogens with two attached hydrogens (primary N) is 1. The van der Waals surface area contributed by atoms with Crippen molar-refractivity contribution in [3.8, 4) is 0 Å². The molecule has 0 spiro atoms. The summed E-state index contributed by atoms with van der Waals surface area (Å²) in [6.07, 6.45) is 2.14. The molecule has 0 bridgehead atoms. The van der Waals surface area contributed by atoms with Gasteiger partial charge in [0.05, 0.1) is 6.20 Å². The Labute approximate surface area is 86.5 Å². The van der Waals surface area contributed by atoms with Crippen LogP contribution in [0.3, 0.4) is 0 Å². The van der Waals surface area contributed by atoms with Crippen LogP contribution >= 0.6 is 11.6 Å². The first-order valence-electron chi connectivity index (χ1n) is 4.18. The SMILES string of the molecule is Nc1cnc(Cc2ccc(Cl)cc2)o1. The second-order valence-corrected chi connectivity index (χ2v) is 3.40. The summed E-state index contributed by atoms with van der Waals surface area (Å²) in [6.45, 7) is 0. The Kier molecular flexibility index (Phi) is 2.41. The molecule has 0 radical (unpaired) electrons. The van der Waals surface area contributed by atoms with Crippen molar-refractivity contribution in [1.29, 1.82) is 0 Å². The third kappa shape index (κ3) is 2.06. The van der Waals surface area contributed by atoms with Gasteiger partial charge in [-0.25, -0.2) is 4.98 Å². The number of hydrogen-bond donors (Lipinski definition) is 1. The first-order valence-corrected chi connectivity index (χ1v) is 4.56.